The average Bonchev–Trinajstić information content (AvgIpc) is 3.74. The number of aromatic nitrogens is 7. The van der Waals surface area contributed by atoms with E-state index in [1.54, 1.807) is 35.5 Å². The Morgan fingerprint density at radius 2 is 2.05 bits per heavy atom. The highest BCUT2D eigenvalue weighted by atomic mass is 32.1. The Kier molecular flexibility index (Phi) is 5.94. The monoisotopic (exact) mass is 574 g/mol. The van der Waals surface area contributed by atoms with Crippen molar-refractivity contribution in [2.75, 3.05) is 13.1 Å². The molecule has 6 aromatic heterocycles. The number of hydrogen-bond acceptors (Lipinski definition) is 8. The molecule has 206 valence electrons. The number of carbonyl (C=O) groups excluding carboxylic acids is 1. The zero-order valence-electron chi connectivity index (χ0n) is 21.6. The molecule has 41 heavy (non-hydrogen) atoms. The van der Waals surface area contributed by atoms with Gasteiger partial charge >= 0.3 is 0 Å². The number of thiophene rings is 1. The number of carbonyl (C=O) groups is 1. The lowest BCUT2D eigenvalue weighted by Crippen LogP contribution is -2.24. The SMILES string of the molecule is CC(=O)c1ccc(-c2nccc3[nH]c(-c4[nH]nc5ncc(-c6cncc(CN7CCC(F)(F)C7)c6)c(F)c45)nc23)s1. The third-order valence-electron chi connectivity index (χ3n) is 7.10. The fourth-order valence-corrected chi connectivity index (χ4v) is 6.03. The van der Waals surface area contributed by atoms with Gasteiger partial charge in [0.05, 0.1) is 27.2 Å². The van der Waals surface area contributed by atoms with Crippen LogP contribution < -0.4 is 0 Å². The summed E-state index contributed by atoms with van der Waals surface area (Å²) in [4.78, 5) is 35.9. The summed E-state index contributed by atoms with van der Waals surface area (Å²) in [5.41, 5.74) is 3.71. The van der Waals surface area contributed by atoms with Gasteiger partial charge in [0.15, 0.2) is 17.3 Å². The van der Waals surface area contributed by atoms with Crippen molar-refractivity contribution >= 4 is 39.2 Å². The highest BCUT2D eigenvalue weighted by Gasteiger charge is 2.38. The third kappa shape index (κ3) is 4.56. The molecule has 0 aliphatic carbocycles. The molecule has 2 N–H and O–H groups in total. The highest BCUT2D eigenvalue weighted by Crippen LogP contribution is 2.36. The lowest BCUT2D eigenvalue weighted by Gasteiger charge is -2.15. The minimum atomic E-state index is -2.70. The van der Waals surface area contributed by atoms with Crippen LogP contribution in [0, 0.1) is 5.82 Å². The Hall–Kier alpha value is -4.49. The van der Waals surface area contributed by atoms with Crippen molar-refractivity contribution in [1.82, 2.24) is 40.0 Å². The van der Waals surface area contributed by atoms with Gasteiger partial charge in [-0.1, -0.05) is 0 Å². The van der Waals surface area contributed by atoms with E-state index in [4.69, 9.17) is 4.98 Å². The number of imidazole rings is 1. The Labute approximate surface area is 234 Å². The van der Waals surface area contributed by atoms with Gasteiger partial charge in [-0.2, -0.15) is 5.10 Å². The third-order valence-corrected chi connectivity index (χ3v) is 8.30. The second-order valence-electron chi connectivity index (χ2n) is 10.0. The summed E-state index contributed by atoms with van der Waals surface area (Å²) in [5.74, 6) is -2.94. The molecule has 1 aliphatic heterocycles. The maximum absolute atomic E-state index is 16.1. The van der Waals surface area contributed by atoms with Crippen molar-refractivity contribution in [2.24, 2.45) is 0 Å². The molecule has 7 heterocycles. The first-order valence-electron chi connectivity index (χ1n) is 12.8. The number of nitrogens with zero attached hydrogens (tertiary/aromatic N) is 6. The van der Waals surface area contributed by atoms with Crippen molar-refractivity contribution in [2.45, 2.75) is 25.8 Å². The summed E-state index contributed by atoms with van der Waals surface area (Å²) in [5, 5.41) is 7.19. The standard InChI is InChI=1S/C28H21F3N8OS/c1-14(40)19-2-3-20(41-19)24-23-18(4-6-33-24)35-27(36-23)25-21-22(29)17(11-34-26(21)38-37-25)16-8-15(9-32-10-16)12-39-7-5-28(30,31)13-39/h2-4,6,8-11H,5,7,12-13H2,1H3,(H,35,36)(H,34,37,38). The molecule has 0 spiro atoms. The van der Waals surface area contributed by atoms with E-state index in [0.717, 1.165) is 4.88 Å². The van der Waals surface area contributed by atoms with Crippen molar-refractivity contribution in [1.29, 1.82) is 0 Å². The molecule has 0 bridgehead atoms. The van der Waals surface area contributed by atoms with Crippen molar-refractivity contribution in [3.63, 3.8) is 0 Å². The van der Waals surface area contributed by atoms with Crippen LogP contribution in [0.1, 0.15) is 28.6 Å². The largest absolute Gasteiger partial charge is 0.337 e. The van der Waals surface area contributed by atoms with Crippen LogP contribution in [0.2, 0.25) is 0 Å². The predicted octanol–water partition coefficient (Wildman–Crippen LogP) is 5.87. The molecule has 0 atom stereocenters. The van der Waals surface area contributed by atoms with E-state index in [-0.39, 0.29) is 48.4 Å². The molecular formula is C28H21F3N8OS. The summed E-state index contributed by atoms with van der Waals surface area (Å²) in [6.45, 7) is 1.78. The van der Waals surface area contributed by atoms with Crippen LogP contribution in [0.5, 0.6) is 0 Å². The number of halogens is 3. The van der Waals surface area contributed by atoms with E-state index in [2.05, 4.69) is 30.1 Å². The molecule has 0 saturated carbocycles. The number of H-pyrrole nitrogens is 2. The van der Waals surface area contributed by atoms with Gasteiger partial charge in [-0.15, -0.1) is 11.3 Å². The van der Waals surface area contributed by atoms with Gasteiger partial charge in [-0.05, 0) is 36.8 Å². The first kappa shape index (κ1) is 25.5. The fraction of sp³-hybridized carbons (Fsp3) is 0.214. The summed E-state index contributed by atoms with van der Waals surface area (Å²) < 4.78 is 43.4. The Morgan fingerprint density at radius 1 is 1.17 bits per heavy atom. The van der Waals surface area contributed by atoms with E-state index in [9.17, 15) is 13.6 Å². The molecule has 1 saturated heterocycles. The first-order chi connectivity index (χ1) is 19.8. The number of Topliss-reactive ketones (excluding diaryl/α,β-unsaturated/α-hetero) is 1. The molecule has 1 fully saturated rings. The van der Waals surface area contributed by atoms with Gasteiger partial charge in [0.25, 0.3) is 5.92 Å². The number of ketones is 1. The van der Waals surface area contributed by atoms with Crippen LogP contribution in [0.3, 0.4) is 0 Å². The number of pyridine rings is 3. The number of aromatic amines is 2. The lowest BCUT2D eigenvalue weighted by molar-refractivity contribution is 0.0115. The van der Waals surface area contributed by atoms with Gasteiger partial charge in [0.1, 0.15) is 22.7 Å². The summed E-state index contributed by atoms with van der Waals surface area (Å²) in [7, 11) is 0. The van der Waals surface area contributed by atoms with Crippen LogP contribution >= 0.6 is 11.3 Å². The summed E-state index contributed by atoms with van der Waals surface area (Å²) in [6.07, 6.45) is 5.96. The van der Waals surface area contributed by atoms with Gasteiger partial charge in [-0.3, -0.25) is 24.8 Å². The lowest BCUT2D eigenvalue weighted by atomic mass is 10.0. The molecule has 6 aromatic rings. The number of alkyl halides is 2. The van der Waals surface area contributed by atoms with E-state index in [1.165, 1.54) is 30.7 Å². The van der Waals surface area contributed by atoms with E-state index in [1.807, 2.05) is 6.07 Å². The Balaban J connectivity index is 1.27. The average molecular weight is 575 g/mol. The van der Waals surface area contributed by atoms with Crippen LogP contribution in [-0.2, 0) is 6.54 Å². The fourth-order valence-electron chi connectivity index (χ4n) is 5.13. The van der Waals surface area contributed by atoms with Gasteiger partial charge in [-0.25, -0.2) is 23.1 Å². The van der Waals surface area contributed by atoms with E-state index >= 15 is 4.39 Å². The minimum absolute atomic E-state index is 0.0304. The van der Waals surface area contributed by atoms with Gasteiger partial charge < -0.3 is 4.98 Å². The highest BCUT2D eigenvalue weighted by molar-refractivity contribution is 7.17. The molecule has 0 aromatic carbocycles. The second kappa shape index (κ2) is 9.56. The number of nitrogens with one attached hydrogen (secondary N) is 2. The van der Waals surface area contributed by atoms with Crippen molar-refractivity contribution in [3.05, 3.63) is 65.3 Å². The molecular weight excluding hydrogens is 553 g/mol. The maximum atomic E-state index is 16.1. The van der Waals surface area contributed by atoms with Crippen molar-refractivity contribution < 1.29 is 18.0 Å². The Bertz CT molecular complexity index is 1960. The van der Waals surface area contributed by atoms with Crippen LogP contribution in [-0.4, -0.2) is 64.8 Å². The van der Waals surface area contributed by atoms with Gasteiger partial charge in [0.2, 0.25) is 0 Å². The molecule has 1 aliphatic rings. The first-order valence-corrected chi connectivity index (χ1v) is 13.6. The number of likely N-dealkylation sites (tertiary alicyclic amines) is 1. The van der Waals surface area contributed by atoms with Crippen molar-refractivity contribution in [3.8, 4) is 33.2 Å². The maximum Gasteiger partial charge on any atom is 0.261 e. The van der Waals surface area contributed by atoms with E-state index < -0.39 is 11.7 Å². The van der Waals surface area contributed by atoms with Crippen LogP contribution in [0.15, 0.2) is 49.1 Å². The smallest absolute Gasteiger partial charge is 0.261 e. The zero-order valence-corrected chi connectivity index (χ0v) is 22.4. The second-order valence-corrected chi connectivity index (χ2v) is 11.1. The molecule has 7 rings (SSSR count). The molecule has 9 nitrogen and oxygen atoms in total. The number of fused-ring (bicyclic) bond motifs is 2. The summed E-state index contributed by atoms with van der Waals surface area (Å²) in [6, 6.07) is 7.09. The summed E-state index contributed by atoms with van der Waals surface area (Å²) >= 11 is 1.33. The quantitative estimate of drug-likeness (QED) is 0.239. The molecule has 0 amide bonds. The van der Waals surface area contributed by atoms with Gasteiger partial charge in [0, 0.05) is 55.4 Å². The molecule has 0 unspecified atom stereocenters. The number of hydrogen-bond donors (Lipinski definition) is 2. The zero-order chi connectivity index (χ0) is 28.3. The molecule has 13 heteroatoms. The van der Waals surface area contributed by atoms with Crippen LogP contribution in [0.4, 0.5) is 13.2 Å². The minimum Gasteiger partial charge on any atom is -0.337 e. The normalized spacial score (nSPS) is 15.3. The topological polar surface area (TPSA) is 116 Å². The number of rotatable bonds is 6. The predicted molar refractivity (Wildman–Crippen MR) is 148 cm³/mol. The van der Waals surface area contributed by atoms with E-state index in [0.29, 0.717) is 44.2 Å². The molecule has 0 radical (unpaired) electrons. The van der Waals surface area contributed by atoms with Crippen LogP contribution in [0.25, 0.3) is 55.3 Å². The Morgan fingerprint density at radius 3 is 2.83 bits per heavy atom.